The molecule has 47 heavy (non-hydrogen) atoms. The van der Waals surface area contributed by atoms with Gasteiger partial charge in [0, 0.05) is 0 Å². The third-order valence-electron chi connectivity index (χ3n) is 7.94. The molecule has 0 N–H and O–H groups in total. The molecular formula is C40H52AsFI2O3. The molecule has 0 amide bonds. The fraction of sp³-hybridized carbons (Fsp3) is 0.400. The van der Waals surface area contributed by atoms with Crippen molar-refractivity contribution in [2.75, 3.05) is 0 Å². The zero-order chi connectivity index (χ0) is 35.0. The van der Waals surface area contributed by atoms with Gasteiger partial charge < -0.3 is 0 Å². The van der Waals surface area contributed by atoms with Crippen molar-refractivity contribution in [2.24, 2.45) is 0 Å². The first kappa shape index (κ1) is 38.4. The third kappa shape index (κ3) is 10.3. The van der Waals surface area contributed by atoms with Crippen LogP contribution in [0.4, 0.5) is 3.47 Å². The number of halogens is 3. The van der Waals surface area contributed by atoms with Gasteiger partial charge in [0.05, 0.1) is 0 Å². The SMILES string of the molecule is CC(C)(C)c1ccc(I(O[As](=O)(F)OI(c2ccc(C(C)(C)C)cc2)c2ccc(C(C)(C)C)cc2)c2ccc(C(C)(C)C)cc2)cc1. The van der Waals surface area contributed by atoms with Gasteiger partial charge in [-0.1, -0.05) is 0 Å². The summed E-state index contributed by atoms with van der Waals surface area (Å²) in [5.74, 6) is 0. The Hall–Kier alpha value is -1.45. The normalized spacial score (nSPS) is 13.8. The van der Waals surface area contributed by atoms with E-state index < -0.39 is 55.1 Å². The number of rotatable bonds is 8. The standard InChI is InChI=1S/C40H52AsFI2O3/c1-37(2,3)29-13-21-33(22-14-29)43(34-23-15-30(16-24-34)38(4,5)6)46-41(42,45)47-44(35-25-17-31(18-26-35)39(7,8)9)36-27-19-32(20-28-36)40(10,11)12/h13-28H,1-12H3. The Morgan fingerprint density at radius 2 is 0.574 bits per heavy atom. The molecule has 0 atom stereocenters. The fourth-order valence-corrected chi connectivity index (χ4v) is 23.8. The van der Waals surface area contributed by atoms with Crippen molar-refractivity contribution in [1.82, 2.24) is 0 Å². The number of hydrogen-bond acceptors (Lipinski definition) is 3. The summed E-state index contributed by atoms with van der Waals surface area (Å²) < 4.78 is 46.7. The molecule has 0 bridgehead atoms. The monoisotopic (exact) mass is 928 g/mol. The van der Waals surface area contributed by atoms with E-state index in [1.165, 1.54) is 22.3 Å². The molecule has 0 saturated heterocycles. The van der Waals surface area contributed by atoms with Crippen molar-refractivity contribution in [3.05, 3.63) is 134 Å². The van der Waals surface area contributed by atoms with E-state index in [4.69, 9.17) is 4.11 Å². The van der Waals surface area contributed by atoms with E-state index in [1.807, 2.05) is 48.5 Å². The van der Waals surface area contributed by atoms with Gasteiger partial charge in [-0.25, -0.2) is 0 Å². The van der Waals surface area contributed by atoms with Crippen LogP contribution in [0.15, 0.2) is 97.1 Å². The Labute approximate surface area is 302 Å². The second kappa shape index (κ2) is 14.4. The first-order valence-corrected chi connectivity index (χ1v) is 25.2. The molecule has 256 valence electrons. The average molecular weight is 929 g/mol. The first-order chi connectivity index (χ1) is 21.5. The van der Waals surface area contributed by atoms with Gasteiger partial charge in [-0.2, -0.15) is 0 Å². The van der Waals surface area contributed by atoms with Crippen molar-refractivity contribution in [3.8, 4) is 0 Å². The maximum absolute atomic E-state index is 16.7. The molecule has 4 aromatic rings. The summed E-state index contributed by atoms with van der Waals surface area (Å²) in [5, 5.41) is 0. The molecule has 7 heteroatoms. The van der Waals surface area contributed by atoms with E-state index >= 15 is 3.47 Å². The zero-order valence-electron chi connectivity index (χ0n) is 30.0. The Bertz CT molecular complexity index is 1430. The minimum atomic E-state index is -5.81. The minimum absolute atomic E-state index is 0.0281. The molecule has 3 nitrogen and oxygen atoms in total. The fourth-order valence-electron chi connectivity index (χ4n) is 4.84. The Balaban J connectivity index is 1.75. The molecule has 0 saturated carbocycles. The maximum atomic E-state index is 16.7. The second-order valence-corrected chi connectivity index (χ2v) is 30.4. The second-order valence-electron chi connectivity index (χ2n) is 16.1. The van der Waals surface area contributed by atoms with Crippen LogP contribution in [0, 0.1) is 14.3 Å². The average Bonchev–Trinajstić information content (AvgIpc) is 2.97. The van der Waals surface area contributed by atoms with E-state index in [0.29, 0.717) is 0 Å². The van der Waals surface area contributed by atoms with Gasteiger partial charge in [-0.05, 0) is 0 Å². The van der Waals surface area contributed by atoms with Crippen LogP contribution >= 0.6 is 40.5 Å². The summed E-state index contributed by atoms with van der Waals surface area (Å²) in [7, 11) is 0. The predicted molar refractivity (Wildman–Crippen MR) is 213 cm³/mol. The van der Waals surface area contributed by atoms with Gasteiger partial charge in [0.2, 0.25) is 0 Å². The number of benzene rings is 4. The van der Waals surface area contributed by atoms with E-state index in [9.17, 15) is 3.74 Å². The van der Waals surface area contributed by atoms with Crippen molar-refractivity contribution < 1.29 is 11.3 Å². The van der Waals surface area contributed by atoms with E-state index in [0.717, 1.165) is 14.3 Å². The van der Waals surface area contributed by atoms with Crippen LogP contribution in [-0.2, 0) is 29.5 Å². The van der Waals surface area contributed by atoms with E-state index in [2.05, 4.69) is 132 Å². The van der Waals surface area contributed by atoms with Crippen LogP contribution < -0.4 is 0 Å². The molecule has 0 spiro atoms. The molecule has 0 radical (unpaired) electrons. The Kier molecular flexibility index (Phi) is 11.8. The summed E-state index contributed by atoms with van der Waals surface area (Å²) in [4.78, 5) is 0. The van der Waals surface area contributed by atoms with Gasteiger partial charge in [0.15, 0.2) is 0 Å². The van der Waals surface area contributed by atoms with Crippen LogP contribution in [0.1, 0.15) is 105 Å². The zero-order valence-corrected chi connectivity index (χ0v) is 36.2. The van der Waals surface area contributed by atoms with Gasteiger partial charge in [-0.3, -0.25) is 0 Å². The molecule has 0 aliphatic carbocycles. The first-order valence-electron chi connectivity index (χ1n) is 16.1. The predicted octanol–water partition coefficient (Wildman–Crippen LogP) is 12.4. The molecule has 0 heterocycles. The van der Waals surface area contributed by atoms with Crippen LogP contribution in [0.5, 0.6) is 0 Å². The van der Waals surface area contributed by atoms with Gasteiger partial charge >= 0.3 is 305 Å². The molecule has 4 rings (SSSR count). The van der Waals surface area contributed by atoms with Crippen molar-refractivity contribution in [3.63, 3.8) is 0 Å². The van der Waals surface area contributed by atoms with E-state index in [1.54, 1.807) is 0 Å². The molecule has 0 aromatic heterocycles. The summed E-state index contributed by atoms with van der Waals surface area (Å²) in [6.07, 6.45) is 0. The summed E-state index contributed by atoms with van der Waals surface area (Å²) in [5.41, 5.74) is 4.60. The summed E-state index contributed by atoms with van der Waals surface area (Å²) in [6, 6.07) is 32.8. The van der Waals surface area contributed by atoms with Crippen LogP contribution in [-0.4, -0.2) is 14.6 Å². The summed E-state index contributed by atoms with van der Waals surface area (Å²) >= 11 is -11.8. The van der Waals surface area contributed by atoms with Crippen LogP contribution in [0.2, 0.25) is 0 Å². The third-order valence-corrected chi connectivity index (χ3v) is 25.6. The van der Waals surface area contributed by atoms with Crippen LogP contribution in [0.25, 0.3) is 0 Å². The van der Waals surface area contributed by atoms with Crippen molar-refractivity contribution >= 4 is 55.1 Å². The van der Waals surface area contributed by atoms with Crippen LogP contribution in [0.3, 0.4) is 0 Å². The van der Waals surface area contributed by atoms with Crippen molar-refractivity contribution in [2.45, 2.75) is 105 Å². The van der Waals surface area contributed by atoms with Gasteiger partial charge in [0.1, 0.15) is 0 Å². The topological polar surface area (TPSA) is 35.5 Å². The Morgan fingerprint density at radius 3 is 0.723 bits per heavy atom. The molecule has 0 unspecified atom stereocenters. The number of hydrogen-bond donors (Lipinski definition) is 0. The molecule has 0 aliphatic heterocycles. The summed E-state index contributed by atoms with van der Waals surface area (Å²) in [6.45, 7) is 26.0. The molecule has 0 fully saturated rings. The van der Waals surface area contributed by atoms with Gasteiger partial charge in [0.25, 0.3) is 0 Å². The van der Waals surface area contributed by atoms with E-state index in [-0.39, 0.29) is 21.7 Å². The molecule has 0 aliphatic rings. The molecular weight excluding hydrogens is 876 g/mol. The van der Waals surface area contributed by atoms with Crippen molar-refractivity contribution in [1.29, 1.82) is 0 Å². The quantitative estimate of drug-likeness (QED) is 0.130. The van der Waals surface area contributed by atoms with Gasteiger partial charge in [-0.15, -0.1) is 0 Å². The Morgan fingerprint density at radius 1 is 0.404 bits per heavy atom. The molecule has 4 aromatic carbocycles.